The van der Waals surface area contributed by atoms with Crippen LogP contribution in [-0.2, 0) is 9.37 Å². The molecule has 0 heterocycles. The summed E-state index contributed by atoms with van der Waals surface area (Å²) in [5, 5.41) is 10.7. The number of hydrogen-bond donors (Lipinski definition) is 1. The summed E-state index contributed by atoms with van der Waals surface area (Å²) < 4.78 is 55.6. The number of halogens is 4. The van der Waals surface area contributed by atoms with Crippen molar-refractivity contribution in [2.45, 2.75) is 4.90 Å². The van der Waals surface area contributed by atoms with Gasteiger partial charge in [0.25, 0.3) is 0 Å². The highest BCUT2D eigenvalue weighted by Crippen LogP contribution is 2.31. The summed E-state index contributed by atoms with van der Waals surface area (Å²) in [5.41, 5.74) is -1.37. The van der Waals surface area contributed by atoms with Gasteiger partial charge in [-0.3, -0.25) is 4.79 Å². The first-order chi connectivity index (χ1) is 7.54. The van der Waals surface area contributed by atoms with Crippen LogP contribution in [0, 0.1) is 23.3 Å². The fourth-order valence-corrected chi connectivity index (χ4v) is 1.28. The molecule has 0 saturated carbocycles. The number of aldehydes is 1. The molecular weight excluding hydrogens is 256 g/mol. The van der Waals surface area contributed by atoms with Crippen molar-refractivity contribution in [3.63, 3.8) is 0 Å². The highest BCUT2D eigenvalue weighted by molar-refractivity contribution is 7.94. The van der Waals surface area contributed by atoms with Crippen LogP contribution in [0.3, 0.4) is 0 Å². The lowest BCUT2D eigenvalue weighted by Crippen LogP contribution is -2.05. The molecule has 0 bridgehead atoms. The van der Waals surface area contributed by atoms with Gasteiger partial charge in [-0.05, 0) is 0 Å². The van der Waals surface area contributed by atoms with Crippen molar-refractivity contribution in [3.8, 4) is 0 Å². The van der Waals surface area contributed by atoms with Crippen LogP contribution in [0.15, 0.2) is 4.90 Å². The molecule has 0 fully saturated rings. The zero-order valence-corrected chi connectivity index (χ0v) is 7.99. The van der Waals surface area contributed by atoms with Crippen LogP contribution in [0.25, 0.3) is 0 Å². The van der Waals surface area contributed by atoms with Gasteiger partial charge in [0.2, 0.25) is 0 Å². The molecule has 1 aromatic carbocycles. The Morgan fingerprint density at radius 2 is 1.56 bits per heavy atom. The molecule has 0 atom stereocenters. The maximum absolute atomic E-state index is 13.0. The van der Waals surface area contributed by atoms with E-state index in [0.29, 0.717) is 0 Å². The molecular formula is C7H2F4O4S. The Labute approximate surface area is 89.8 Å². The molecule has 0 radical (unpaired) electrons. The average Bonchev–Trinajstić information content (AvgIpc) is 2.27. The standard InChI is InChI=1S/C7H2F4O4S/c8-3-2(1-12)4(9)6(11)7(5(3)10)16-15-14-13/h1,13H. The summed E-state index contributed by atoms with van der Waals surface area (Å²) >= 11 is -0.297. The molecule has 1 N–H and O–H groups in total. The molecule has 9 heteroatoms. The van der Waals surface area contributed by atoms with Gasteiger partial charge in [-0.2, -0.15) is 0 Å². The third kappa shape index (κ3) is 2.16. The Kier molecular flexibility index (Phi) is 4.24. The zero-order chi connectivity index (χ0) is 12.3. The Morgan fingerprint density at radius 3 is 1.94 bits per heavy atom. The minimum atomic E-state index is -1.86. The Balaban J connectivity index is 3.35. The van der Waals surface area contributed by atoms with Crippen LogP contribution in [0.4, 0.5) is 17.6 Å². The van der Waals surface area contributed by atoms with E-state index in [9.17, 15) is 22.4 Å². The van der Waals surface area contributed by atoms with Gasteiger partial charge in [-0.25, -0.2) is 22.8 Å². The SMILES string of the molecule is O=Cc1c(F)c(F)c(SOOO)c(F)c1F. The van der Waals surface area contributed by atoms with E-state index in [1.807, 2.05) is 0 Å². The van der Waals surface area contributed by atoms with Gasteiger partial charge in [0.05, 0.1) is 17.6 Å². The van der Waals surface area contributed by atoms with Crippen molar-refractivity contribution < 1.29 is 37.0 Å². The first-order valence-electron chi connectivity index (χ1n) is 3.50. The van der Waals surface area contributed by atoms with Crippen LogP contribution < -0.4 is 0 Å². The molecule has 16 heavy (non-hydrogen) atoms. The molecule has 0 saturated heterocycles. The number of benzene rings is 1. The van der Waals surface area contributed by atoms with Gasteiger partial charge in [0, 0.05) is 0 Å². The number of carbonyl (C=O) groups is 1. The predicted molar refractivity (Wildman–Crippen MR) is 42.3 cm³/mol. The zero-order valence-electron chi connectivity index (χ0n) is 7.17. The molecule has 88 valence electrons. The first-order valence-corrected chi connectivity index (χ1v) is 4.24. The predicted octanol–water partition coefficient (Wildman–Crippen LogP) is 2.48. The fourth-order valence-electron chi connectivity index (χ4n) is 0.854. The Morgan fingerprint density at radius 1 is 1.06 bits per heavy atom. The van der Waals surface area contributed by atoms with E-state index in [4.69, 9.17) is 5.26 Å². The first kappa shape index (κ1) is 12.9. The van der Waals surface area contributed by atoms with Crippen molar-refractivity contribution in [2.75, 3.05) is 0 Å². The summed E-state index contributed by atoms with van der Waals surface area (Å²) in [4.78, 5) is 8.93. The molecule has 4 nitrogen and oxygen atoms in total. The number of rotatable bonds is 4. The van der Waals surface area contributed by atoms with Gasteiger partial charge in [-0.15, -0.1) is 4.33 Å². The van der Waals surface area contributed by atoms with E-state index in [-0.39, 0.29) is 18.3 Å². The third-order valence-corrected chi connectivity index (χ3v) is 2.18. The number of hydrogen-bond acceptors (Lipinski definition) is 5. The topological polar surface area (TPSA) is 55.8 Å². The maximum atomic E-state index is 13.0. The van der Waals surface area contributed by atoms with Gasteiger partial charge >= 0.3 is 0 Å². The van der Waals surface area contributed by atoms with Crippen molar-refractivity contribution in [3.05, 3.63) is 28.8 Å². The largest absolute Gasteiger partial charge is 0.298 e. The van der Waals surface area contributed by atoms with Crippen LogP contribution in [0.1, 0.15) is 10.4 Å². The monoisotopic (exact) mass is 258 g/mol. The van der Waals surface area contributed by atoms with Gasteiger partial charge in [0.1, 0.15) is 4.90 Å². The van der Waals surface area contributed by atoms with E-state index < -0.39 is 33.7 Å². The summed E-state index contributed by atoms with van der Waals surface area (Å²) in [6.07, 6.45) is -0.366. The highest BCUT2D eigenvalue weighted by Gasteiger charge is 2.26. The van der Waals surface area contributed by atoms with Crippen molar-refractivity contribution >= 4 is 18.3 Å². The number of carbonyl (C=O) groups excluding carboxylic acids is 1. The summed E-state index contributed by atoms with van der Waals surface area (Å²) in [6, 6.07) is 0. The molecule has 1 aromatic rings. The second kappa shape index (κ2) is 5.25. The molecule has 0 aliphatic carbocycles. The Bertz CT molecular complexity index is 396. The lowest BCUT2D eigenvalue weighted by atomic mass is 10.2. The molecule has 0 aliphatic rings. The van der Waals surface area contributed by atoms with Gasteiger partial charge < -0.3 is 0 Å². The summed E-state index contributed by atoms with van der Waals surface area (Å²) in [5.74, 6) is -7.39. The lowest BCUT2D eigenvalue weighted by molar-refractivity contribution is -0.432. The van der Waals surface area contributed by atoms with Crippen LogP contribution in [0.5, 0.6) is 0 Å². The van der Waals surface area contributed by atoms with E-state index in [1.165, 1.54) is 0 Å². The van der Waals surface area contributed by atoms with Crippen LogP contribution in [0.2, 0.25) is 0 Å². The molecule has 0 aliphatic heterocycles. The average molecular weight is 258 g/mol. The van der Waals surface area contributed by atoms with E-state index >= 15 is 0 Å². The minimum Gasteiger partial charge on any atom is -0.298 e. The highest BCUT2D eigenvalue weighted by atomic mass is 32.2. The lowest BCUT2D eigenvalue weighted by Gasteiger charge is -2.06. The third-order valence-electron chi connectivity index (χ3n) is 1.52. The molecule has 0 spiro atoms. The fraction of sp³-hybridized carbons (Fsp3) is 0. The van der Waals surface area contributed by atoms with Crippen LogP contribution in [-0.4, -0.2) is 11.5 Å². The second-order valence-electron chi connectivity index (χ2n) is 2.34. The van der Waals surface area contributed by atoms with Crippen molar-refractivity contribution in [1.82, 2.24) is 0 Å². The normalized spacial score (nSPS) is 10.6. The van der Waals surface area contributed by atoms with Crippen LogP contribution >= 0.6 is 12.0 Å². The Hall–Kier alpha value is -1.16. The van der Waals surface area contributed by atoms with E-state index in [2.05, 4.69) is 9.37 Å². The molecule has 0 aromatic heterocycles. The van der Waals surface area contributed by atoms with Crippen molar-refractivity contribution in [2.24, 2.45) is 0 Å². The van der Waals surface area contributed by atoms with E-state index in [1.54, 1.807) is 0 Å². The quantitative estimate of drug-likeness (QED) is 0.224. The van der Waals surface area contributed by atoms with Crippen molar-refractivity contribution in [1.29, 1.82) is 0 Å². The molecule has 0 unspecified atom stereocenters. The van der Waals surface area contributed by atoms with E-state index in [0.717, 1.165) is 0 Å². The molecule has 1 rings (SSSR count). The second-order valence-corrected chi connectivity index (χ2v) is 3.05. The summed E-state index contributed by atoms with van der Waals surface area (Å²) in [6.45, 7) is 0. The smallest absolute Gasteiger partial charge is 0.178 e. The maximum Gasteiger partial charge on any atom is 0.178 e. The van der Waals surface area contributed by atoms with Gasteiger partial charge in [0.15, 0.2) is 29.6 Å². The minimum absolute atomic E-state index is 0.297. The van der Waals surface area contributed by atoms with Gasteiger partial charge in [-0.1, -0.05) is 5.04 Å². The summed E-state index contributed by atoms with van der Waals surface area (Å²) in [7, 11) is 0. The molecule has 0 amide bonds.